The van der Waals surface area contributed by atoms with Gasteiger partial charge in [0.25, 0.3) is 0 Å². The molecule has 1 saturated carbocycles. The van der Waals surface area contributed by atoms with Gasteiger partial charge in [-0.1, -0.05) is 42.7 Å². The molecule has 1 aromatic heterocycles. The van der Waals surface area contributed by atoms with Gasteiger partial charge < -0.3 is 10.5 Å². The molecule has 8 heteroatoms. The Bertz CT molecular complexity index is 1150. The molecule has 3 aromatic rings. The second-order valence-electron chi connectivity index (χ2n) is 7.99. The van der Waals surface area contributed by atoms with Crippen molar-refractivity contribution in [2.24, 2.45) is 11.6 Å². The van der Waals surface area contributed by atoms with Crippen molar-refractivity contribution in [1.29, 1.82) is 5.41 Å². The molecule has 32 heavy (non-hydrogen) atoms. The highest BCUT2D eigenvalue weighted by atomic mass is 35.5. The monoisotopic (exact) mass is 450 g/mol. The molecule has 1 aliphatic carbocycles. The smallest absolute Gasteiger partial charge is 0.203 e. The number of hydrogen-bond acceptors (Lipinski definition) is 5. The first-order valence-electron chi connectivity index (χ1n) is 10.6. The molecule has 0 amide bonds. The fourth-order valence-corrected chi connectivity index (χ4v) is 4.45. The maximum atomic E-state index is 7.84. The lowest BCUT2D eigenvalue weighted by molar-refractivity contribution is 0.212. The Balaban J connectivity index is 1.81. The molecule has 0 saturated heterocycles. The zero-order valence-corrected chi connectivity index (χ0v) is 18.7. The van der Waals surface area contributed by atoms with Crippen molar-refractivity contribution < 1.29 is 4.74 Å². The summed E-state index contributed by atoms with van der Waals surface area (Å²) in [5, 5.41) is 10.8. The predicted octanol–water partition coefficient (Wildman–Crippen LogP) is 4.56. The Hall–Kier alpha value is -3.16. The second-order valence-corrected chi connectivity index (χ2v) is 8.42. The Morgan fingerprint density at radius 3 is 2.59 bits per heavy atom. The Morgan fingerprint density at radius 1 is 1.12 bits per heavy atom. The van der Waals surface area contributed by atoms with E-state index in [0.29, 0.717) is 10.8 Å². The number of nitrogens with one attached hydrogen (secondary N) is 1. The topological polar surface area (TPSA) is 114 Å². The quantitative estimate of drug-likeness (QED) is 0.227. The van der Waals surface area contributed by atoms with Crippen LogP contribution < -0.4 is 16.3 Å². The van der Waals surface area contributed by atoms with Crippen LogP contribution >= 0.6 is 11.6 Å². The van der Waals surface area contributed by atoms with Crippen molar-refractivity contribution in [2.45, 2.75) is 37.6 Å². The maximum Gasteiger partial charge on any atom is 0.203 e. The minimum atomic E-state index is -0.138. The van der Waals surface area contributed by atoms with Crippen molar-refractivity contribution in [3.8, 4) is 5.75 Å². The summed E-state index contributed by atoms with van der Waals surface area (Å²) in [7, 11) is 1.64. The van der Waals surface area contributed by atoms with Crippen LogP contribution in [0.25, 0.3) is 23.1 Å². The standard InChI is InChI=1S/C24H27ClN6O/c1-32-17-11-12-20-19(14-17)23(18-4-2-3-5-21(18)31(28)24(26)27)30-22(29-20)13-8-15-6-9-16(25)10-7-15/h6-14,18,21H,2-5,28H2,1H3,(H3,26,27)/t18-,21+/m1/s1. The zero-order chi connectivity index (χ0) is 22.7. The van der Waals surface area contributed by atoms with E-state index in [1.807, 2.05) is 54.6 Å². The van der Waals surface area contributed by atoms with Crippen LogP contribution in [0.5, 0.6) is 5.75 Å². The van der Waals surface area contributed by atoms with E-state index in [0.717, 1.165) is 53.6 Å². The van der Waals surface area contributed by atoms with Crippen LogP contribution in [0.15, 0.2) is 42.5 Å². The number of nitrogens with two attached hydrogens (primary N) is 2. The molecule has 166 valence electrons. The first-order chi connectivity index (χ1) is 15.5. The SMILES string of the molecule is COc1ccc2nc(C=Cc3ccc(Cl)cc3)nc([C@@H]3CCCC[C@@H]3N(N)C(=N)N)c2c1. The van der Waals surface area contributed by atoms with E-state index >= 15 is 0 Å². The molecular weight excluding hydrogens is 424 g/mol. The lowest BCUT2D eigenvalue weighted by Crippen LogP contribution is -2.52. The third-order valence-corrected chi connectivity index (χ3v) is 6.21. The highest BCUT2D eigenvalue weighted by Gasteiger charge is 2.33. The van der Waals surface area contributed by atoms with Gasteiger partial charge in [-0.2, -0.15) is 0 Å². The fourth-order valence-electron chi connectivity index (χ4n) is 4.32. The number of aromatic nitrogens is 2. The molecular formula is C24H27ClN6O. The summed E-state index contributed by atoms with van der Waals surface area (Å²) in [5.41, 5.74) is 8.48. The van der Waals surface area contributed by atoms with Crippen molar-refractivity contribution in [3.63, 3.8) is 0 Å². The number of fused-ring (bicyclic) bond motifs is 1. The molecule has 0 radical (unpaired) electrons. The fraction of sp³-hybridized carbons (Fsp3) is 0.292. The molecule has 7 nitrogen and oxygen atoms in total. The molecule has 1 heterocycles. The van der Waals surface area contributed by atoms with Gasteiger partial charge in [-0.05, 0) is 54.8 Å². The summed E-state index contributed by atoms with van der Waals surface area (Å²) in [4.78, 5) is 9.70. The van der Waals surface area contributed by atoms with E-state index < -0.39 is 0 Å². The van der Waals surface area contributed by atoms with Crippen LogP contribution in [0.4, 0.5) is 0 Å². The number of ether oxygens (including phenoxy) is 1. The van der Waals surface area contributed by atoms with E-state index in [9.17, 15) is 0 Å². The first-order valence-corrected chi connectivity index (χ1v) is 11.0. The number of halogens is 1. The third kappa shape index (κ3) is 4.69. The van der Waals surface area contributed by atoms with E-state index in [-0.39, 0.29) is 17.9 Å². The van der Waals surface area contributed by atoms with Gasteiger partial charge in [0.1, 0.15) is 5.75 Å². The minimum Gasteiger partial charge on any atom is -0.497 e. The number of rotatable bonds is 5. The highest BCUT2D eigenvalue weighted by molar-refractivity contribution is 6.30. The summed E-state index contributed by atoms with van der Waals surface area (Å²) < 4.78 is 5.45. The largest absolute Gasteiger partial charge is 0.497 e. The number of methoxy groups -OCH3 is 1. The number of benzene rings is 2. The molecule has 1 aliphatic rings. The Morgan fingerprint density at radius 2 is 1.88 bits per heavy atom. The molecule has 0 spiro atoms. The van der Waals surface area contributed by atoms with Gasteiger partial charge in [0.15, 0.2) is 5.82 Å². The molecule has 2 aromatic carbocycles. The molecule has 0 aliphatic heterocycles. The lowest BCUT2D eigenvalue weighted by Gasteiger charge is -2.37. The van der Waals surface area contributed by atoms with E-state index in [1.54, 1.807) is 7.11 Å². The lowest BCUT2D eigenvalue weighted by atomic mass is 9.80. The van der Waals surface area contributed by atoms with Gasteiger partial charge in [-0.25, -0.2) is 15.8 Å². The summed E-state index contributed by atoms with van der Waals surface area (Å²) in [5.74, 6) is 7.44. The van der Waals surface area contributed by atoms with E-state index in [1.165, 1.54) is 5.01 Å². The van der Waals surface area contributed by atoms with E-state index in [4.69, 9.17) is 43.3 Å². The van der Waals surface area contributed by atoms with Crippen LogP contribution in [0.1, 0.15) is 48.7 Å². The van der Waals surface area contributed by atoms with Crippen molar-refractivity contribution >= 4 is 40.6 Å². The van der Waals surface area contributed by atoms with Crippen molar-refractivity contribution in [2.75, 3.05) is 7.11 Å². The second kappa shape index (κ2) is 9.54. The number of guanidine groups is 1. The number of nitrogens with zero attached hydrogens (tertiary/aromatic N) is 3. The summed E-state index contributed by atoms with van der Waals surface area (Å²) in [6.45, 7) is 0. The van der Waals surface area contributed by atoms with Crippen LogP contribution in [-0.2, 0) is 0 Å². The van der Waals surface area contributed by atoms with Gasteiger partial charge >= 0.3 is 0 Å². The average Bonchev–Trinajstić information content (AvgIpc) is 2.82. The minimum absolute atomic E-state index is 0.0259. The Labute approximate surface area is 192 Å². The van der Waals surface area contributed by atoms with Crippen LogP contribution in [0.2, 0.25) is 5.02 Å². The Kier molecular flexibility index (Phi) is 6.58. The van der Waals surface area contributed by atoms with Crippen molar-refractivity contribution in [1.82, 2.24) is 15.0 Å². The average molecular weight is 451 g/mol. The number of hydrazine groups is 1. The molecule has 2 atom stereocenters. The van der Waals surface area contributed by atoms with Crippen molar-refractivity contribution in [3.05, 3.63) is 64.6 Å². The van der Waals surface area contributed by atoms with Gasteiger partial charge in [-0.3, -0.25) is 10.4 Å². The molecule has 4 rings (SSSR count). The van der Waals surface area contributed by atoms with Gasteiger partial charge in [0.2, 0.25) is 5.96 Å². The predicted molar refractivity (Wildman–Crippen MR) is 129 cm³/mol. The molecule has 0 unspecified atom stereocenters. The highest BCUT2D eigenvalue weighted by Crippen LogP contribution is 2.38. The van der Waals surface area contributed by atoms with Gasteiger partial charge in [0.05, 0.1) is 24.4 Å². The van der Waals surface area contributed by atoms with Crippen LogP contribution in [0, 0.1) is 5.41 Å². The molecule has 5 N–H and O–H groups in total. The zero-order valence-electron chi connectivity index (χ0n) is 18.0. The van der Waals surface area contributed by atoms with Gasteiger partial charge in [0, 0.05) is 16.3 Å². The van der Waals surface area contributed by atoms with Crippen LogP contribution in [0.3, 0.4) is 0 Å². The first kappa shape index (κ1) is 22.0. The summed E-state index contributed by atoms with van der Waals surface area (Å²) >= 11 is 5.99. The maximum absolute atomic E-state index is 7.84. The molecule has 0 bridgehead atoms. The number of hydrogen-bond donors (Lipinski definition) is 3. The molecule has 1 fully saturated rings. The summed E-state index contributed by atoms with van der Waals surface area (Å²) in [6.07, 6.45) is 7.74. The van der Waals surface area contributed by atoms with E-state index in [2.05, 4.69) is 0 Å². The van der Waals surface area contributed by atoms with Gasteiger partial charge in [-0.15, -0.1) is 0 Å². The third-order valence-electron chi connectivity index (χ3n) is 5.96. The summed E-state index contributed by atoms with van der Waals surface area (Å²) in [6, 6.07) is 13.3. The normalized spacial score (nSPS) is 18.7. The van der Waals surface area contributed by atoms with Crippen LogP contribution in [-0.4, -0.2) is 34.1 Å².